The highest BCUT2D eigenvalue weighted by molar-refractivity contribution is 7.84. The van der Waals surface area contributed by atoms with Gasteiger partial charge in [0.2, 0.25) is 11.1 Å². The van der Waals surface area contributed by atoms with Crippen LogP contribution in [0.2, 0.25) is 10.3 Å². The molecule has 0 saturated carbocycles. The molecule has 0 spiro atoms. The lowest BCUT2D eigenvalue weighted by Gasteiger charge is -2.18. The van der Waals surface area contributed by atoms with Crippen molar-refractivity contribution in [3.8, 4) is 11.4 Å². The van der Waals surface area contributed by atoms with E-state index in [2.05, 4.69) is 44.0 Å². The fraction of sp³-hybridized carbons (Fsp3) is 0.235. The van der Waals surface area contributed by atoms with E-state index >= 15 is 0 Å². The molecule has 1 unspecified atom stereocenters. The van der Waals surface area contributed by atoms with Crippen LogP contribution in [-0.4, -0.2) is 70.6 Å². The molecular formula is C34H30Cl2F4N8O3S. The Morgan fingerprint density at radius 1 is 0.712 bits per heavy atom. The zero-order chi connectivity index (χ0) is 37.7. The smallest absolute Gasteiger partial charge is 0.256 e. The van der Waals surface area contributed by atoms with E-state index in [-0.39, 0.29) is 38.1 Å². The van der Waals surface area contributed by atoms with Gasteiger partial charge in [0.05, 0.1) is 21.6 Å². The molecule has 18 heteroatoms. The first-order chi connectivity index (χ1) is 24.9. The fourth-order valence-corrected chi connectivity index (χ4v) is 6.17. The zero-order valence-corrected chi connectivity index (χ0v) is 30.2. The zero-order valence-electron chi connectivity index (χ0n) is 27.8. The minimum Gasteiger partial charge on any atom is -0.354 e. The lowest BCUT2D eigenvalue weighted by Crippen LogP contribution is -2.25. The second-order valence-corrected chi connectivity index (χ2v) is 13.0. The average molecular weight is 778 g/mol. The number of fused-ring (bicyclic) bond motifs is 2. The summed E-state index contributed by atoms with van der Waals surface area (Å²) in [5, 5.41) is 3.49. The largest absolute Gasteiger partial charge is 0.354 e. The predicted octanol–water partition coefficient (Wildman–Crippen LogP) is 6.31. The maximum absolute atomic E-state index is 14.3. The van der Waals surface area contributed by atoms with Gasteiger partial charge in [-0.05, 0) is 62.5 Å². The molecule has 4 heterocycles. The van der Waals surface area contributed by atoms with Crippen LogP contribution in [0.15, 0.2) is 75.4 Å². The van der Waals surface area contributed by atoms with Crippen molar-refractivity contribution in [1.29, 1.82) is 0 Å². The van der Waals surface area contributed by atoms with Crippen LogP contribution < -0.4 is 16.4 Å². The van der Waals surface area contributed by atoms with E-state index in [1.165, 1.54) is 36.6 Å². The van der Waals surface area contributed by atoms with Crippen molar-refractivity contribution in [3.05, 3.63) is 115 Å². The molecule has 0 aliphatic heterocycles. The Labute approximate surface area is 306 Å². The van der Waals surface area contributed by atoms with E-state index in [0.29, 0.717) is 11.9 Å². The summed E-state index contributed by atoms with van der Waals surface area (Å²) in [6, 6.07) is 11.7. The van der Waals surface area contributed by atoms with Gasteiger partial charge in [-0.25, -0.2) is 32.5 Å². The molecule has 272 valence electrons. The van der Waals surface area contributed by atoms with Gasteiger partial charge in [0, 0.05) is 24.9 Å². The summed E-state index contributed by atoms with van der Waals surface area (Å²) in [4.78, 5) is 43.3. The topological polar surface area (TPSA) is 128 Å². The molecule has 0 radical (unpaired) electrons. The molecule has 52 heavy (non-hydrogen) atoms. The van der Waals surface area contributed by atoms with Crippen LogP contribution in [0.1, 0.15) is 20.3 Å². The molecule has 0 aliphatic rings. The number of rotatable bonds is 10. The third-order valence-electron chi connectivity index (χ3n) is 7.80. The van der Waals surface area contributed by atoms with Crippen molar-refractivity contribution in [3.63, 3.8) is 0 Å². The Balaban J connectivity index is 0.000000206. The number of nitrogens with one attached hydrogen (secondary N) is 1. The summed E-state index contributed by atoms with van der Waals surface area (Å²) in [5.74, 6) is -3.42. The third-order valence-corrected chi connectivity index (χ3v) is 9.07. The fourth-order valence-electron chi connectivity index (χ4n) is 5.23. The summed E-state index contributed by atoms with van der Waals surface area (Å²) >= 11 is 12.3. The first kappa shape index (κ1) is 38.5. The van der Waals surface area contributed by atoms with Crippen LogP contribution in [0.4, 0.5) is 23.5 Å². The molecule has 0 amide bonds. The van der Waals surface area contributed by atoms with Crippen LogP contribution in [0.5, 0.6) is 0 Å². The number of pyridine rings is 2. The molecule has 6 rings (SSSR count). The number of aromatic nitrogens is 6. The van der Waals surface area contributed by atoms with Gasteiger partial charge in [-0.2, -0.15) is 4.98 Å². The highest BCUT2D eigenvalue weighted by Crippen LogP contribution is 2.26. The standard InChI is InChI=1S/C20H22ClF2N5O.C14H8ClF2N3O2S/c1-3-27(4-2)12-6-11-24-20-25-18(21)13-9-10-16(29)28(19(13)26-20)17-14(22)7-5-8-15(17)23;1-23(22)14-18-12(15)7-5-6-10(21)20(13(7)19-14)11-8(16)3-2-4-9(11)17/h5,7-10H,3-4,6,11-12H2,1-2H3,(H,24,25,26);2-6H,1H3. The molecule has 0 aliphatic carbocycles. The first-order valence-electron chi connectivity index (χ1n) is 15.7. The number of anilines is 1. The monoisotopic (exact) mass is 776 g/mol. The number of nitrogens with zero attached hydrogens (tertiary/aromatic N) is 7. The van der Waals surface area contributed by atoms with Gasteiger partial charge in [-0.1, -0.05) is 49.2 Å². The SMILES string of the molecule is CCN(CC)CCCNc1nc(Cl)c2ccc(=O)n(-c3c(F)cccc3F)c2n1.CS(=O)c1nc(Cl)c2ccc(=O)n(-c3c(F)cccc3F)c2n1. The normalized spacial score (nSPS) is 11.9. The van der Waals surface area contributed by atoms with Gasteiger partial charge >= 0.3 is 0 Å². The van der Waals surface area contributed by atoms with Crippen molar-refractivity contribution in [1.82, 2.24) is 34.0 Å². The van der Waals surface area contributed by atoms with E-state index in [4.69, 9.17) is 23.2 Å². The van der Waals surface area contributed by atoms with Gasteiger partial charge in [-0.15, -0.1) is 0 Å². The third kappa shape index (κ3) is 8.14. The van der Waals surface area contributed by atoms with Gasteiger partial charge < -0.3 is 10.2 Å². The van der Waals surface area contributed by atoms with Crippen molar-refractivity contribution in [2.45, 2.75) is 25.4 Å². The molecular weight excluding hydrogens is 747 g/mol. The Hall–Kier alpha value is -4.77. The molecule has 1 N–H and O–H groups in total. The number of halogens is 6. The second kappa shape index (κ2) is 16.7. The van der Waals surface area contributed by atoms with Gasteiger partial charge in [-0.3, -0.25) is 22.9 Å². The van der Waals surface area contributed by atoms with E-state index in [1.54, 1.807) is 0 Å². The Kier molecular flexibility index (Phi) is 12.4. The molecule has 0 saturated heterocycles. The summed E-state index contributed by atoms with van der Waals surface area (Å²) in [5.41, 5.74) is -2.48. The molecule has 0 fully saturated rings. The maximum atomic E-state index is 14.3. The molecule has 4 aromatic heterocycles. The summed E-state index contributed by atoms with van der Waals surface area (Å²) in [6.45, 7) is 7.63. The number of benzene rings is 2. The van der Waals surface area contributed by atoms with Gasteiger partial charge in [0.15, 0.2) is 11.3 Å². The summed E-state index contributed by atoms with van der Waals surface area (Å²) in [6.07, 6.45) is 2.18. The van der Waals surface area contributed by atoms with Gasteiger partial charge in [0.1, 0.15) is 44.9 Å². The average Bonchev–Trinajstić information content (AvgIpc) is 3.10. The lowest BCUT2D eigenvalue weighted by molar-refractivity contribution is 0.303. The Morgan fingerprint density at radius 2 is 1.17 bits per heavy atom. The van der Waals surface area contributed by atoms with Crippen LogP contribution in [0.3, 0.4) is 0 Å². The lowest BCUT2D eigenvalue weighted by atomic mass is 10.2. The van der Waals surface area contributed by atoms with Crippen molar-refractivity contribution < 1.29 is 21.8 Å². The quantitative estimate of drug-likeness (QED) is 0.0738. The van der Waals surface area contributed by atoms with Crippen LogP contribution in [0, 0.1) is 23.3 Å². The molecule has 11 nitrogen and oxygen atoms in total. The molecule has 0 bridgehead atoms. The highest BCUT2D eigenvalue weighted by Gasteiger charge is 2.20. The minimum absolute atomic E-state index is 0.0349. The van der Waals surface area contributed by atoms with E-state index < -0.39 is 56.6 Å². The maximum Gasteiger partial charge on any atom is 0.256 e. The molecule has 1 atom stereocenters. The highest BCUT2D eigenvalue weighted by atomic mass is 35.5. The summed E-state index contributed by atoms with van der Waals surface area (Å²) < 4.78 is 70.1. The van der Waals surface area contributed by atoms with Crippen LogP contribution in [-0.2, 0) is 10.8 Å². The number of hydrogen-bond acceptors (Lipinski definition) is 9. The summed E-state index contributed by atoms with van der Waals surface area (Å²) in [7, 11) is -1.59. The van der Waals surface area contributed by atoms with Gasteiger partial charge in [0.25, 0.3) is 11.1 Å². The number of hydrogen-bond donors (Lipinski definition) is 1. The minimum atomic E-state index is -1.59. The van der Waals surface area contributed by atoms with Crippen molar-refractivity contribution in [2.75, 3.05) is 37.8 Å². The van der Waals surface area contributed by atoms with Crippen LogP contribution >= 0.6 is 23.2 Å². The first-order valence-corrected chi connectivity index (χ1v) is 18.0. The molecule has 2 aromatic carbocycles. The van der Waals surface area contributed by atoms with Crippen molar-refractivity contribution >= 4 is 62.0 Å². The van der Waals surface area contributed by atoms with Crippen molar-refractivity contribution in [2.24, 2.45) is 0 Å². The van der Waals surface area contributed by atoms with E-state index in [0.717, 1.165) is 65.5 Å². The van der Waals surface area contributed by atoms with E-state index in [9.17, 15) is 31.4 Å². The Bertz CT molecular complexity index is 2390. The predicted molar refractivity (Wildman–Crippen MR) is 193 cm³/mol. The number of para-hydroxylation sites is 2. The molecule has 6 aromatic rings. The van der Waals surface area contributed by atoms with Crippen LogP contribution in [0.25, 0.3) is 33.4 Å². The second-order valence-electron chi connectivity index (χ2n) is 11.0. The Morgan fingerprint density at radius 3 is 1.63 bits per heavy atom. The van der Waals surface area contributed by atoms with E-state index in [1.807, 2.05) is 0 Å².